The van der Waals surface area contributed by atoms with E-state index in [1.807, 2.05) is 0 Å². The number of nitrogens with one attached hydrogen (secondary N) is 3. The minimum absolute atomic E-state index is 0.0510. The number of ether oxygens (including phenoxy) is 1. The maximum absolute atomic E-state index is 14.0. The summed E-state index contributed by atoms with van der Waals surface area (Å²) in [5, 5.41) is 4.84. The van der Waals surface area contributed by atoms with Crippen LogP contribution >= 0.6 is 0 Å². The van der Waals surface area contributed by atoms with Crippen LogP contribution in [0, 0.1) is 18.2 Å². The highest BCUT2D eigenvalue weighted by molar-refractivity contribution is 7.89. The van der Waals surface area contributed by atoms with Crippen molar-refractivity contribution in [3.63, 3.8) is 0 Å². The van der Waals surface area contributed by atoms with Gasteiger partial charge in [-0.15, -0.1) is 6.42 Å². The van der Waals surface area contributed by atoms with Crippen molar-refractivity contribution in [3.8, 4) is 12.3 Å². The van der Waals surface area contributed by atoms with E-state index in [1.165, 1.54) is 36.4 Å². The first-order valence-electron chi connectivity index (χ1n) is 9.05. The number of carbonyl (C=O) groups excluding carboxylic acids is 2. The molecule has 0 aromatic heterocycles. The summed E-state index contributed by atoms with van der Waals surface area (Å²) in [5.41, 5.74) is -0.553. The zero-order valence-electron chi connectivity index (χ0n) is 17.2. The fourth-order valence-electron chi connectivity index (χ4n) is 2.32. The third-order valence-corrected chi connectivity index (χ3v) is 5.07. The number of hydrogen-bond acceptors (Lipinski definition) is 5. The van der Waals surface area contributed by atoms with Crippen LogP contribution in [-0.4, -0.2) is 32.6 Å². The molecule has 2 amide bonds. The summed E-state index contributed by atoms with van der Waals surface area (Å²) < 4.78 is 45.3. The molecule has 0 spiro atoms. The average Bonchev–Trinajstić information content (AvgIpc) is 2.67. The molecular formula is C21H22FN3O5S. The van der Waals surface area contributed by atoms with Gasteiger partial charge >= 0.3 is 6.09 Å². The Morgan fingerprint density at radius 1 is 1.10 bits per heavy atom. The van der Waals surface area contributed by atoms with E-state index < -0.39 is 33.4 Å². The Morgan fingerprint density at radius 2 is 1.74 bits per heavy atom. The molecule has 10 heteroatoms. The molecule has 0 radical (unpaired) electrons. The summed E-state index contributed by atoms with van der Waals surface area (Å²) >= 11 is 0. The third-order valence-electron chi connectivity index (χ3n) is 3.65. The predicted molar refractivity (Wildman–Crippen MR) is 115 cm³/mol. The fourth-order valence-corrected chi connectivity index (χ4v) is 3.26. The van der Waals surface area contributed by atoms with Crippen LogP contribution in [0.4, 0.5) is 20.6 Å². The highest BCUT2D eigenvalue weighted by Gasteiger charge is 2.18. The van der Waals surface area contributed by atoms with Crippen molar-refractivity contribution in [3.05, 3.63) is 53.8 Å². The van der Waals surface area contributed by atoms with Crippen LogP contribution in [0.3, 0.4) is 0 Å². The monoisotopic (exact) mass is 447 g/mol. The van der Waals surface area contributed by atoms with Crippen LogP contribution in [0.15, 0.2) is 47.4 Å². The Hall–Kier alpha value is -3.42. The molecule has 2 rings (SSSR count). The lowest BCUT2D eigenvalue weighted by molar-refractivity contribution is 0.0635. The van der Waals surface area contributed by atoms with E-state index >= 15 is 0 Å². The molecule has 2 aromatic carbocycles. The molecule has 31 heavy (non-hydrogen) atoms. The molecule has 0 saturated heterocycles. The molecule has 3 N–H and O–H groups in total. The van der Waals surface area contributed by atoms with E-state index in [2.05, 4.69) is 21.3 Å². The number of benzene rings is 2. The molecule has 0 atom stereocenters. The molecule has 164 valence electrons. The van der Waals surface area contributed by atoms with Gasteiger partial charge in [0.05, 0.1) is 17.1 Å². The number of carbonyl (C=O) groups is 2. The van der Waals surface area contributed by atoms with Gasteiger partial charge in [-0.05, 0) is 63.2 Å². The Balaban J connectivity index is 2.12. The second-order valence-corrected chi connectivity index (χ2v) is 9.10. The average molecular weight is 447 g/mol. The molecular weight excluding hydrogens is 425 g/mol. The fraction of sp³-hybridized carbons (Fsp3) is 0.238. The zero-order valence-corrected chi connectivity index (χ0v) is 18.0. The van der Waals surface area contributed by atoms with Gasteiger partial charge < -0.3 is 10.1 Å². The molecule has 0 unspecified atom stereocenters. The van der Waals surface area contributed by atoms with Crippen LogP contribution in [-0.2, 0) is 14.8 Å². The second-order valence-electron chi connectivity index (χ2n) is 7.33. The summed E-state index contributed by atoms with van der Waals surface area (Å²) in [4.78, 5) is 24.3. The Morgan fingerprint density at radius 3 is 2.32 bits per heavy atom. The highest BCUT2D eigenvalue weighted by Crippen LogP contribution is 2.21. The lowest BCUT2D eigenvalue weighted by atomic mass is 10.2. The summed E-state index contributed by atoms with van der Waals surface area (Å²) in [6, 6.07) is 8.79. The van der Waals surface area contributed by atoms with Gasteiger partial charge in [-0.2, -0.15) is 4.72 Å². The first-order chi connectivity index (χ1) is 14.4. The van der Waals surface area contributed by atoms with Crippen molar-refractivity contribution >= 4 is 33.4 Å². The number of sulfonamides is 1. The first kappa shape index (κ1) is 23.9. The van der Waals surface area contributed by atoms with E-state index in [1.54, 1.807) is 20.8 Å². The van der Waals surface area contributed by atoms with Crippen molar-refractivity contribution < 1.29 is 27.1 Å². The van der Waals surface area contributed by atoms with Gasteiger partial charge in [0.25, 0.3) is 5.91 Å². The maximum atomic E-state index is 14.0. The molecule has 0 saturated carbocycles. The predicted octanol–water partition coefficient (Wildman–Crippen LogP) is 3.34. The van der Waals surface area contributed by atoms with Gasteiger partial charge in [0.1, 0.15) is 11.4 Å². The van der Waals surface area contributed by atoms with Gasteiger partial charge in [0.15, 0.2) is 0 Å². The smallest absolute Gasteiger partial charge is 0.412 e. The van der Waals surface area contributed by atoms with Gasteiger partial charge in [0, 0.05) is 11.3 Å². The zero-order chi connectivity index (χ0) is 23.2. The SMILES string of the molecule is C#CCNS(=O)(=O)c1ccc(C(=O)Nc2ccc(F)c(NC(=O)OC(C)(C)C)c2)cc1. The van der Waals surface area contributed by atoms with Gasteiger partial charge in [-0.3, -0.25) is 10.1 Å². The van der Waals surface area contributed by atoms with Crippen molar-refractivity contribution in [1.82, 2.24) is 4.72 Å². The number of rotatable bonds is 6. The van der Waals surface area contributed by atoms with Crippen LogP contribution in [0.2, 0.25) is 0 Å². The Kier molecular flexibility index (Phi) is 7.38. The highest BCUT2D eigenvalue weighted by atomic mass is 32.2. The lowest BCUT2D eigenvalue weighted by Crippen LogP contribution is -2.27. The molecule has 2 aromatic rings. The van der Waals surface area contributed by atoms with Crippen molar-refractivity contribution in [1.29, 1.82) is 0 Å². The van der Waals surface area contributed by atoms with Crippen molar-refractivity contribution in [2.75, 3.05) is 17.2 Å². The van der Waals surface area contributed by atoms with Crippen molar-refractivity contribution in [2.24, 2.45) is 0 Å². The molecule has 0 fully saturated rings. The number of amides is 2. The minimum atomic E-state index is -3.78. The number of anilines is 2. The van der Waals surface area contributed by atoms with Crippen LogP contribution in [0.25, 0.3) is 0 Å². The van der Waals surface area contributed by atoms with Gasteiger partial charge in [0.2, 0.25) is 10.0 Å². The quantitative estimate of drug-likeness (QED) is 0.588. The Bertz CT molecular complexity index is 1120. The molecule has 0 aliphatic rings. The topological polar surface area (TPSA) is 114 Å². The lowest BCUT2D eigenvalue weighted by Gasteiger charge is -2.20. The normalized spacial score (nSPS) is 11.3. The molecule has 0 aliphatic carbocycles. The summed E-state index contributed by atoms with van der Waals surface area (Å²) in [6.07, 6.45) is 4.20. The number of halogens is 1. The molecule has 0 heterocycles. The number of terminal acetylenes is 1. The van der Waals surface area contributed by atoms with E-state index in [0.717, 1.165) is 6.07 Å². The standard InChI is InChI=1S/C21H22FN3O5S/c1-5-12-23-31(28,29)16-9-6-14(7-10-16)19(26)24-15-8-11-17(22)18(13-15)25-20(27)30-21(2,3)4/h1,6-11,13,23H,12H2,2-4H3,(H,24,26)(H,25,27). The second kappa shape index (κ2) is 9.59. The summed E-state index contributed by atoms with van der Waals surface area (Å²) in [5.74, 6) is 0.896. The molecule has 0 aliphatic heterocycles. The van der Waals surface area contributed by atoms with Gasteiger partial charge in [-0.1, -0.05) is 5.92 Å². The third kappa shape index (κ3) is 7.09. The van der Waals surface area contributed by atoms with E-state index in [9.17, 15) is 22.4 Å². The van der Waals surface area contributed by atoms with Crippen LogP contribution in [0.1, 0.15) is 31.1 Å². The minimum Gasteiger partial charge on any atom is -0.444 e. The maximum Gasteiger partial charge on any atom is 0.412 e. The van der Waals surface area contributed by atoms with E-state index in [4.69, 9.17) is 11.2 Å². The summed E-state index contributed by atoms with van der Waals surface area (Å²) in [6.45, 7) is 4.85. The number of hydrogen-bond donors (Lipinski definition) is 3. The van der Waals surface area contributed by atoms with Crippen molar-refractivity contribution in [2.45, 2.75) is 31.3 Å². The Labute approximate surface area is 180 Å². The van der Waals surface area contributed by atoms with Crippen LogP contribution < -0.4 is 15.4 Å². The van der Waals surface area contributed by atoms with Gasteiger partial charge in [-0.25, -0.2) is 17.6 Å². The molecule has 0 bridgehead atoms. The summed E-state index contributed by atoms with van der Waals surface area (Å²) in [7, 11) is -3.78. The van der Waals surface area contributed by atoms with Crippen LogP contribution in [0.5, 0.6) is 0 Å². The van der Waals surface area contributed by atoms with E-state index in [-0.39, 0.29) is 28.4 Å². The largest absolute Gasteiger partial charge is 0.444 e. The van der Waals surface area contributed by atoms with E-state index in [0.29, 0.717) is 0 Å². The first-order valence-corrected chi connectivity index (χ1v) is 10.5. The molecule has 8 nitrogen and oxygen atoms in total.